The van der Waals surface area contributed by atoms with Gasteiger partial charge in [0.05, 0.1) is 19.0 Å². The Morgan fingerprint density at radius 2 is 1.93 bits per heavy atom. The first-order valence-electron chi connectivity index (χ1n) is 9.73. The molecule has 9 nitrogen and oxygen atoms in total. The smallest absolute Gasteiger partial charge is 0.227 e. The van der Waals surface area contributed by atoms with E-state index in [1.165, 1.54) is 0 Å². The summed E-state index contributed by atoms with van der Waals surface area (Å²) in [6, 6.07) is 4.93. The van der Waals surface area contributed by atoms with Gasteiger partial charge in [0.2, 0.25) is 5.95 Å². The predicted octanol–water partition coefficient (Wildman–Crippen LogP) is 2.74. The molecule has 9 heteroatoms. The van der Waals surface area contributed by atoms with Crippen LogP contribution in [-0.4, -0.2) is 42.4 Å². The van der Waals surface area contributed by atoms with E-state index in [0.29, 0.717) is 40.7 Å². The number of aromatic nitrogens is 4. The third-order valence-electron chi connectivity index (χ3n) is 4.84. The van der Waals surface area contributed by atoms with Crippen LogP contribution in [0.4, 0.5) is 17.5 Å². The minimum atomic E-state index is -0.173. The zero-order valence-corrected chi connectivity index (χ0v) is 17.2. The molecule has 1 aromatic carbocycles. The summed E-state index contributed by atoms with van der Waals surface area (Å²) in [4.78, 5) is 13.7. The minimum Gasteiger partial charge on any atom is -0.508 e. The molecule has 2 aromatic heterocycles. The molecular formula is C20H29N7O2. The van der Waals surface area contributed by atoms with E-state index in [-0.39, 0.29) is 30.4 Å². The van der Waals surface area contributed by atoms with Crippen LogP contribution in [-0.2, 0) is 6.54 Å². The lowest BCUT2D eigenvalue weighted by Crippen LogP contribution is -2.30. The van der Waals surface area contributed by atoms with Gasteiger partial charge in [-0.2, -0.15) is 9.97 Å². The Balaban J connectivity index is 1.98. The molecule has 3 rings (SSSR count). The van der Waals surface area contributed by atoms with E-state index in [9.17, 15) is 10.2 Å². The summed E-state index contributed by atoms with van der Waals surface area (Å²) < 4.78 is 1.97. The monoisotopic (exact) mass is 399 g/mol. The van der Waals surface area contributed by atoms with Crippen LogP contribution in [0.2, 0.25) is 0 Å². The molecule has 0 radical (unpaired) electrons. The number of aliphatic hydroxyl groups excluding tert-OH is 1. The Hall–Kier alpha value is -3.07. The number of aromatic hydroxyl groups is 1. The van der Waals surface area contributed by atoms with E-state index in [4.69, 9.17) is 5.73 Å². The molecule has 0 fully saturated rings. The first-order valence-corrected chi connectivity index (χ1v) is 9.73. The molecule has 1 atom stereocenters. The number of aliphatic hydroxyl groups is 1. The molecule has 3 aromatic rings. The van der Waals surface area contributed by atoms with Gasteiger partial charge >= 0.3 is 0 Å². The number of hydrogen-bond donors (Lipinski definition) is 5. The molecule has 29 heavy (non-hydrogen) atoms. The van der Waals surface area contributed by atoms with Crippen molar-refractivity contribution >= 4 is 28.6 Å². The summed E-state index contributed by atoms with van der Waals surface area (Å²) in [6.07, 6.45) is 1.74. The fourth-order valence-electron chi connectivity index (χ4n) is 3.00. The second-order valence-corrected chi connectivity index (χ2v) is 7.73. The Bertz CT molecular complexity index is 984. The second-order valence-electron chi connectivity index (χ2n) is 7.73. The van der Waals surface area contributed by atoms with Gasteiger partial charge in [-0.3, -0.25) is 0 Å². The average Bonchev–Trinajstić information content (AvgIpc) is 3.10. The molecular weight excluding hydrogens is 370 g/mol. The van der Waals surface area contributed by atoms with Gasteiger partial charge in [-0.15, -0.1) is 0 Å². The molecule has 0 amide bonds. The zero-order chi connectivity index (χ0) is 21.1. The Kier molecular flexibility index (Phi) is 6.07. The van der Waals surface area contributed by atoms with E-state index in [2.05, 4.69) is 39.4 Å². The fraction of sp³-hybridized carbons (Fsp3) is 0.450. The minimum absolute atomic E-state index is 0.0254. The molecule has 0 aliphatic rings. The summed E-state index contributed by atoms with van der Waals surface area (Å²) >= 11 is 0. The van der Waals surface area contributed by atoms with Gasteiger partial charge in [0.15, 0.2) is 17.0 Å². The number of benzene rings is 1. The van der Waals surface area contributed by atoms with Gasteiger partial charge in [0, 0.05) is 23.8 Å². The fourth-order valence-corrected chi connectivity index (χ4v) is 3.00. The van der Waals surface area contributed by atoms with Crippen LogP contribution in [0, 0.1) is 5.92 Å². The predicted molar refractivity (Wildman–Crippen MR) is 115 cm³/mol. The van der Waals surface area contributed by atoms with E-state index < -0.39 is 0 Å². The maximum atomic E-state index is 10.1. The van der Waals surface area contributed by atoms with Crippen molar-refractivity contribution in [2.24, 2.45) is 5.92 Å². The Morgan fingerprint density at radius 1 is 1.17 bits per heavy atom. The van der Waals surface area contributed by atoms with Crippen LogP contribution in [0.1, 0.15) is 39.3 Å². The van der Waals surface area contributed by atoms with Crippen molar-refractivity contribution < 1.29 is 10.2 Å². The number of imidazole rings is 1. The largest absolute Gasteiger partial charge is 0.508 e. The maximum Gasteiger partial charge on any atom is 0.227 e. The topological polar surface area (TPSA) is 134 Å². The van der Waals surface area contributed by atoms with Crippen molar-refractivity contribution in [3.63, 3.8) is 0 Å². The number of nitrogens with one attached hydrogen (secondary N) is 2. The quantitative estimate of drug-likeness (QED) is 0.288. The molecule has 0 aliphatic carbocycles. The number of nitrogens with zero attached hydrogens (tertiary/aromatic N) is 4. The summed E-state index contributed by atoms with van der Waals surface area (Å²) in [7, 11) is 0. The summed E-state index contributed by atoms with van der Waals surface area (Å²) in [5, 5.41) is 26.2. The van der Waals surface area contributed by atoms with Gasteiger partial charge in [-0.25, -0.2) is 4.98 Å². The lowest BCUT2D eigenvalue weighted by atomic mass is 10.1. The SMILES string of the molecule is CC(C)C(CO)Nc1nc(NCc2cc(N)ccc2O)c2ncn(C(C)C)c2n1. The zero-order valence-electron chi connectivity index (χ0n) is 17.2. The first-order chi connectivity index (χ1) is 13.8. The van der Waals surface area contributed by atoms with Gasteiger partial charge in [0.25, 0.3) is 0 Å². The molecule has 156 valence electrons. The van der Waals surface area contributed by atoms with Gasteiger partial charge in [-0.05, 0) is 38.0 Å². The van der Waals surface area contributed by atoms with Crippen LogP contribution in [0.15, 0.2) is 24.5 Å². The number of phenolic OH excluding ortho intramolecular Hbond substituents is 1. The van der Waals surface area contributed by atoms with Gasteiger partial charge in [0.1, 0.15) is 5.75 Å². The first kappa shape index (κ1) is 20.7. The number of nitrogen functional groups attached to an aromatic ring is 1. The van der Waals surface area contributed by atoms with Crippen molar-refractivity contribution in [2.75, 3.05) is 23.0 Å². The molecule has 2 heterocycles. The van der Waals surface area contributed by atoms with Crippen molar-refractivity contribution in [3.05, 3.63) is 30.1 Å². The summed E-state index contributed by atoms with van der Waals surface area (Å²) in [5.74, 6) is 1.31. The number of hydrogen-bond acceptors (Lipinski definition) is 8. The van der Waals surface area contributed by atoms with Gasteiger partial charge < -0.3 is 31.1 Å². The van der Waals surface area contributed by atoms with Crippen LogP contribution >= 0.6 is 0 Å². The van der Waals surface area contributed by atoms with Gasteiger partial charge in [-0.1, -0.05) is 13.8 Å². The maximum absolute atomic E-state index is 10.1. The van der Waals surface area contributed by atoms with Crippen LogP contribution in [0.3, 0.4) is 0 Å². The van der Waals surface area contributed by atoms with Crippen LogP contribution in [0.25, 0.3) is 11.2 Å². The van der Waals surface area contributed by atoms with E-state index in [0.717, 1.165) is 0 Å². The molecule has 0 saturated carbocycles. The molecule has 1 unspecified atom stereocenters. The van der Waals surface area contributed by atoms with Crippen molar-refractivity contribution in [1.82, 2.24) is 19.5 Å². The van der Waals surface area contributed by atoms with Crippen LogP contribution in [0.5, 0.6) is 5.75 Å². The van der Waals surface area contributed by atoms with E-state index in [1.807, 2.05) is 18.4 Å². The average molecular weight is 399 g/mol. The highest BCUT2D eigenvalue weighted by molar-refractivity contribution is 5.84. The highest BCUT2D eigenvalue weighted by Gasteiger charge is 2.18. The molecule has 0 spiro atoms. The van der Waals surface area contributed by atoms with Crippen molar-refractivity contribution in [1.29, 1.82) is 0 Å². The molecule has 0 aliphatic heterocycles. The van der Waals surface area contributed by atoms with Crippen molar-refractivity contribution in [3.8, 4) is 5.75 Å². The van der Waals surface area contributed by atoms with Crippen LogP contribution < -0.4 is 16.4 Å². The molecule has 0 bridgehead atoms. The standard InChI is InChI=1S/C20H29N7O2/c1-11(2)15(9-28)24-20-25-18(17-19(26-20)27(10-23-17)12(3)4)22-8-13-7-14(21)5-6-16(13)29/h5-7,10-12,15,28-29H,8-9,21H2,1-4H3,(H2,22,24,25,26). The molecule has 6 N–H and O–H groups in total. The van der Waals surface area contributed by atoms with Crippen molar-refractivity contribution in [2.45, 2.75) is 46.3 Å². The third kappa shape index (κ3) is 4.51. The third-order valence-corrected chi connectivity index (χ3v) is 4.84. The number of fused-ring (bicyclic) bond motifs is 1. The Morgan fingerprint density at radius 3 is 2.59 bits per heavy atom. The highest BCUT2D eigenvalue weighted by Crippen LogP contribution is 2.26. The van der Waals surface area contributed by atoms with E-state index >= 15 is 0 Å². The normalized spacial score (nSPS) is 12.7. The second kappa shape index (κ2) is 8.52. The molecule has 0 saturated heterocycles. The lowest BCUT2D eigenvalue weighted by molar-refractivity contribution is 0.248. The highest BCUT2D eigenvalue weighted by atomic mass is 16.3. The summed E-state index contributed by atoms with van der Waals surface area (Å²) in [5.41, 5.74) is 8.39. The Labute approximate surface area is 170 Å². The summed E-state index contributed by atoms with van der Waals surface area (Å²) in [6.45, 7) is 8.45. The number of rotatable bonds is 8. The van der Waals surface area contributed by atoms with E-state index in [1.54, 1.807) is 24.5 Å². The number of nitrogens with two attached hydrogens (primary N) is 1. The number of anilines is 3. The lowest BCUT2D eigenvalue weighted by Gasteiger charge is -2.20. The number of phenols is 1.